The van der Waals surface area contributed by atoms with Gasteiger partial charge < -0.3 is 5.32 Å². The van der Waals surface area contributed by atoms with Crippen molar-refractivity contribution < 1.29 is 9.18 Å². The Balaban J connectivity index is 2.01. The molecule has 0 bridgehead atoms. The van der Waals surface area contributed by atoms with E-state index in [4.69, 9.17) is 11.6 Å². The quantitative estimate of drug-likeness (QED) is 0.671. The number of thioether (sulfide) groups is 1. The lowest BCUT2D eigenvalue weighted by Gasteiger charge is -2.05. The van der Waals surface area contributed by atoms with Crippen molar-refractivity contribution in [2.24, 2.45) is 0 Å². The van der Waals surface area contributed by atoms with Crippen LogP contribution in [0.3, 0.4) is 0 Å². The minimum atomic E-state index is -0.493. The first-order valence-corrected chi connectivity index (χ1v) is 7.97. The molecule has 0 aliphatic carbocycles. The number of anilines is 1. The number of nitrogens with zero attached hydrogens (tertiary/aromatic N) is 2. The summed E-state index contributed by atoms with van der Waals surface area (Å²) in [6.45, 7) is 2.00. The van der Waals surface area contributed by atoms with Gasteiger partial charge in [-0.25, -0.2) is 4.39 Å². The van der Waals surface area contributed by atoms with Crippen molar-refractivity contribution in [2.75, 3.05) is 11.1 Å². The van der Waals surface area contributed by atoms with Crippen molar-refractivity contribution in [3.8, 4) is 0 Å². The Morgan fingerprint density at radius 1 is 1.50 bits per heavy atom. The fraction of sp³-hybridized carbons (Fsp3) is 0.250. The van der Waals surface area contributed by atoms with Crippen molar-refractivity contribution in [1.29, 1.82) is 0 Å². The van der Waals surface area contributed by atoms with Crippen molar-refractivity contribution in [3.63, 3.8) is 0 Å². The minimum Gasteiger partial charge on any atom is -0.300 e. The summed E-state index contributed by atoms with van der Waals surface area (Å²) >= 11 is 8.70. The van der Waals surface area contributed by atoms with Gasteiger partial charge in [0, 0.05) is 10.6 Å². The van der Waals surface area contributed by atoms with Gasteiger partial charge in [0.15, 0.2) is 4.34 Å². The molecule has 1 amide bonds. The fourth-order valence-electron chi connectivity index (χ4n) is 1.47. The molecule has 1 N–H and O–H groups in total. The second-order valence-electron chi connectivity index (χ2n) is 3.73. The number of nitrogens with one attached hydrogen (secondary N) is 1. The van der Waals surface area contributed by atoms with Crippen LogP contribution in [0.15, 0.2) is 22.5 Å². The van der Waals surface area contributed by atoms with Crippen molar-refractivity contribution >= 4 is 45.7 Å². The molecule has 2 rings (SSSR count). The van der Waals surface area contributed by atoms with Gasteiger partial charge >= 0.3 is 0 Å². The molecule has 1 aromatic carbocycles. The van der Waals surface area contributed by atoms with E-state index in [1.54, 1.807) is 17.8 Å². The topological polar surface area (TPSA) is 54.9 Å². The third-order valence-electron chi connectivity index (χ3n) is 2.32. The largest absolute Gasteiger partial charge is 0.300 e. The zero-order valence-electron chi connectivity index (χ0n) is 10.5. The maximum atomic E-state index is 13.6. The number of rotatable bonds is 5. The van der Waals surface area contributed by atoms with Gasteiger partial charge in [-0.3, -0.25) is 4.79 Å². The van der Waals surface area contributed by atoms with Crippen LogP contribution < -0.4 is 5.32 Å². The van der Waals surface area contributed by atoms with Gasteiger partial charge in [0.25, 0.3) is 0 Å². The summed E-state index contributed by atoms with van der Waals surface area (Å²) in [5, 5.41) is 11.0. The molecule has 2 aromatic rings. The van der Waals surface area contributed by atoms with E-state index in [2.05, 4.69) is 15.5 Å². The zero-order valence-corrected chi connectivity index (χ0v) is 12.9. The van der Waals surface area contributed by atoms with E-state index < -0.39 is 5.82 Å². The lowest BCUT2D eigenvalue weighted by molar-refractivity contribution is -0.115. The van der Waals surface area contributed by atoms with E-state index in [-0.39, 0.29) is 22.9 Å². The molecule has 0 aliphatic rings. The molecule has 0 unspecified atom stereocenters. The highest BCUT2D eigenvalue weighted by Gasteiger charge is 2.13. The number of aromatic nitrogens is 2. The smallest absolute Gasteiger partial charge is 0.230 e. The number of hydrogen-bond donors (Lipinski definition) is 1. The average molecular weight is 332 g/mol. The molecule has 20 heavy (non-hydrogen) atoms. The molecule has 0 spiro atoms. The van der Waals surface area contributed by atoms with Gasteiger partial charge in [-0.1, -0.05) is 47.7 Å². The molecule has 0 aliphatic heterocycles. The first kappa shape index (κ1) is 15.2. The normalized spacial score (nSPS) is 10.6. The standard InChI is InChI=1S/C12H11ClFN3OS2/c1-2-19-12-17-16-11(20-12)15-10(18)6-7-8(13)4-3-5-9(7)14/h3-5H,2,6H2,1H3,(H,15,16,18). The number of benzene rings is 1. The lowest BCUT2D eigenvalue weighted by atomic mass is 10.1. The maximum absolute atomic E-state index is 13.6. The SMILES string of the molecule is CCSc1nnc(NC(=O)Cc2c(F)cccc2Cl)s1. The third kappa shape index (κ3) is 3.91. The van der Waals surface area contributed by atoms with Crippen LogP contribution in [0.1, 0.15) is 12.5 Å². The van der Waals surface area contributed by atoms with Crippen LogP contribution >= 0.6 is 34.7 Å². The zero-order chi connectivity index (χ0) is 14.5. The average Bonchev–Trinajstić information content (AvgIpc) is 2.82. The van der Waals surface area contributed by atoms with E-state index in [9.17, 15) is 9.18 Å². The van der Waals surface area contributed by atoms with E-state index in [0.717, 1.165) is 10.1 Å². The van der Waals surface area contributed by atoms with Gasteiger partial charge in [0.05, 0.1) is 6.42 Å². The highest BCUT2D eigenvalue weighted by Crippen LogP contribution is 2.25. The number of halogens is 2. The third-order valence-corrected chi connectivity index (χ3v) is 4.53. The van der Waals surface area contributed by atoms with Crippen LogP contribution in [0.4, 0.5) is 9.52 Å². The Kier molecular flexibility index (Phi) is 5.33. The Labute approximate surface area is 128 Å². The maximum Gasteiger partial charge on any atom is 0.230 e. The number of carbonyl (C=O) groups is 1. The monoisotopic (exact) mass is 331 g/mol. The van der Waals surface area contributed by atoms with Crippen LogP contribution in [0, 0.1) is 5.82 Å². The van der Waals surface area contributed by atoms with Crippen LogP contribution in [0.25, 0.3) is 0 Å². The van der Waals surface area contributed by atoms with Crippen LogP contribution in [0.5, 0.6) is 0 Å². The summed E-state index contributed by atoms with van der Waals surface area (Å²) in [6, 6.07) is 4.32. The minimum absolute atomic E-state index is 0.138. The summed E-state index contributed by atoms with van der Waals surface area (Å²) in [5.41, 5.74) is 0.180. The second kappa shape index (κ2) is 7.01. The van der Waals surface area contributed by atoms with Crippen LogP contribution in [-0.4, -0.2) is 21.9 Å². The van der Waals surface area contributed by atoms with Gasteiger partial charge in [-0.15, -0.1) is 10.2 Å². The molecule has 0 saturated carbocycles. The summed E-state index contributed by atoms with van der Waals surface area (Å²) < 4.78 is 14.3. The highest BCUT2D eigenvalue weighted by atomic mass is 35.5. The first-order valence-electron chi connectivity index (χ1n) is 5.79. The molecular formula is C12H11ClFN3OS2. The predicted octanol–water partition coefficient (Wildman–Crippen LogP) is 3.62. The van der Waals surface area contributed by atoms with Crippen molar-refractivity contribution in [2.45, 2.75) is 17.7 Å². The number of carbonyl (C=O) groups excluding carboxylic acids is 1. The molecule has 8 heteroatoms. The Hall–Kier alpha value is -1.18. The van der Waals surface area contributed by atoms with Gasteiger partial charge in [-0.05, 0) is 17.9 Å². The van der Waals surface area contributed by atoms with Gasteiger partial charge in [-0.2, -0.15) is 0 Å². The second-order valence-corrected chi connectivity index (χ2v) is 6.63. The van der Waals surface area contributed by atoms with E-state index >= 15 is 0 Å². The Morgan fingerprint density at radius 3 is 3.00 bits per heavy atom. The fourth-order valence-corrected chi connectivity index (χ4v) is 3.36. The molecule has 1 heterocycles. The number of hydrogen-bond acceptors (Lipinski definition) is 5. The lowest BCUT2D eigenvalue weighted by Crippen LogP contribution is -2.15. The van der Waals surface area contributed by atoms with Crippen molar-refractivity contribution in [3.05, 3.63) is 34.6 Å². The van der Waals surface area contributed by atoms with E-state index in [1.165, 1.54) is 23.5 Å². The summed E-state index contributed by atoms with van der Waals surface area (Å²) in [5.74, 6) is 0.0151. The van der Waals surface area contributed by atoms with Gasteiger partial charge in [0.1, 0.15) is 5.82 Å². The molecule has 1 aromatic heterocycles. The Bertz CT molecular complexity index is 600. The first-order chi connectivity index (χ1) is 9.60. The van der Waals surface area contributed by atoms with E-state index in [0.29, 0.717) is 5.13 Å². The predicted molar refractivity (Wildman–Crippen MR) is 80.1 cm³/mol. The van der Waals surface area contributed by atoms with Crippen LogP contribution in [0.2, 0.25) is 5.02 Å². The molecule has 106 valence electrons. The molecule has 4 nitrogen and oxygen atoms in total. The molecular weight excluding hydrogens is 321 g/mol. The highest BCUT2D eigenvalue weighted by molar-refractivity contribution is 8.01. The molecule has 0 fully saturated rings. The van der Waals surface area contributed by atoms with Crippen LogP contribution in [-0.2, 0) is 11.2 Å². The van der Waals surface area contributed by atoms with Crippen molar-refractivity contribution in [1.82, 2.24) is 10.2 Å². The summed E-state index contributed by atoms with van der Waals surface area (Å²) in [6.07, 6.45) is -0.138. The summed E-state index contributed by atoms with van der Waals surface area (Å²) in [7, 11) is 0. The molecule has 0 atom stereocenters. The van der Waals surface area contributed by atoms with E-state index in [1.807, 2.05) is 6.92 Å². The van der Waals surface area contributed by atoms with Gasteiger partial charge in [0.2, 0.25) is 11.0 Å². The molecule has 0 saturated heterocycles. The summed E-state index contributed by atoms with van der Waals surface area (Å²) in [4.78, 5) is 11.8. The molecule has 0 radical (unpaired) electrons. The number of amides is 1. The Morgan fingerprint density at radius 2 is 2.30 bits per heavy atom.